The first-order valence-corrected chi connectivity index (χ1v) is 13.5. The first kappa shape index (κ1) is 22.3. The van der Waals surface area contributed by atoms with E-state index in [0.29, 0.717) is 36.2 Å². The standard InChI is InChI=1S/C27H44O5/c1-14-9-23(30)27(31-13-14)15(2)24-22(32-27)12-19-17-11-21(29)20-10-16(28)5-7-25(20,3)18(17)6-8-26(19,24)4/h14-24,28-30H,5-13H2,1-4H3. The predicted molar refractivity (Wildman–Crippen MR) is 121 cm³/mol. The SMILES string of the molecule is CC1COC2(OC3CC4C5CC(O)C6CC(O)CCC6(C)C5CCC4(C)C3C2C)C(O)C1. The zero-order chi connectivity index (χ0) is 22.6. The van der Waals surface area contributed by atoms with E-state index in [4.69, 9.17) is 9.47 Å². The summed E-state index contributed by atoms with van der Waals surface area (Å²) in [5.41, 5.74) is 0.324. The Bertz CT molecular complexity index is 758. The fourth-order valence-electron chi connectivity index (χ4n) is 10.4. The number of aliphatic hydroxyl groups is 3. The van der Waals surface area contributed by atoms with Gasteiger partial charge in [-0.3, -0.25) is 0 Å². The zero-order valence-electron chi connectivity index (χ0n) is 20.4. The Balaban J connectivity index is 1.29. The molecule has 5 heteroatoms. The Morgan fingerprint density at radius 1 is 0.812 bits per heavy atom. The smallest absolute Gasteiger partial charge is 0.197 e. The Labute approximate surface area is 193 Å². The topological polar surface area (TPSA) is 79.2 Å². The van der Waals surface area contributed by atoms with Crippen LogP contribution < -0.4 is 0 Å². The molecule has 0 bridgehead atoms. The lowest BCUT2D eigenvalue weighted by Crippen LogP contribution is -2.59. The summed E-state index contributed by atoms with van der Waals surface area (Å²) in [5, 5.41) is 32.6. The highest BCUT2D eigenvalue weighted by Crippen LogP contribution is 2.71. The van der Waals surface area contributed by atoms with Crippen molar-refractivity contribution < 1.29 is 24.8 Å². The lowest BCUT2D eigenvalue weighted by molar-refractivity contribution is -0.316. The van der Waals surface area contributed by atoms with Crippen molar-refractivity contribution in [3.05, 3.63) is 0 Å². The van der Waals surface area contributed by atoms with Gasteiger partial charge in [-0.05, 0) is 97.7 Å². The van der Waals surface area contributed by atoms with Crippen LogP contribution in [0.25, 0.3) is 0 Å². The van der Waals surface area contributed by atoms with Crippen LogP contribution in [0.15, 0.2) is 0 Å². The van der Waals surface area contributed by atoms with Gasteiger partial charge in [-0.25, -0.2) is 0 Å². The van der Waals surface area contributed by atoms with E-state index in [2.05, 4.69) is 27.7 Å². The van der Waals surface area contributed by atoms with Crippen molar-refractivity contribution in [2.75, 3.05) is 6.61 Å². The van der Waals surface area contributed by atoms with Crippen LogP contribution in [0.1, 0.15) is 79.1 Å². The third-order valence-corrected chi connectivity index (χ3v) is 11.9. The number of ether oxygens (including phenoxy) is 2. The highest BCUT2D eigenvalue weighted by molar-refractivity contribution is 5.17. The van der Waals surface area contributed by atoms with Gasteiger partial charge in [-0.2, -0.15) is 0 Å². The van der Waals surface area contributed by atoms with Gasteiger partial charge < -0.3 is 24.8 Å². The molecule has 2 saturated heterocycles. The summed E-state index contributed by atoms with van der Waals surface area (Å²) < 4.78 is 13.0. The third-order valence-electron chi connectivity index (χ3n) is 11.9. The molecule has 14 atom stereocenters. The van der Waals surface area contributed by atoms with Crippen molar-refractivity contribution in [1.82, 2.24) is 0 Å². The zero-order valence-corrected chi connectivity index (χ0v) is 20.4. The Kier molecular flexibility index (Phi) is 4.99. The number of fused-ring (bicyclic) bond motifs is 7. The summed E-state index contributed by atoms with van der Waals surface area (Å²) in [4.78, 5) is 0. The van der Waals surface area contributed by atoms with E-state index in [1.165, 1.54) is 12.8 Å². The van der Waals surface area contributed by atoms with E-state index in [9.17, 15) is 15.3 Å². The van der Waals surface area contributed by atoms with Crippen molar-refractivity contribution in [1.29, 1.82) is 0 Å². The van der Waals surface area contributed by atoms with Gasteiger partial charge in [0.25, 0.3) is 0 Å². The number of hydrogen-bond donors (Lipinski definition) is 3. The van der Waals surface area contributed by atoms with E-state index < -0.39 is 11.9 Å². The van der Waals surface area contributed by atoms with Crippen molar-refractivity contribution in [2.24, 2.45) is 52.3 Å². The van der Waals surface area contributed by atoms with Gasteiger partial charge in [0.05, 0.1) is 24.9 Å². The molecule has 14 unspecified atom stereocenters. The summed E-state index contributed by atoms with van der Waals surface area (Å²) in [5.74, 6) is 2.12. The second-order valence-corrected chi connectivity index (χ2v) is 13.4. The first-order valence-electron chi connectivity index (χ1n) is 13.5. The van der Waals surface area contributed by atoms with Gasteiger partial charge >= 0.3 is 0 Å². The Hall–Kier alpha value is -0.200. The Morgan fingerprint density at radius 2 is 1.56 bits per heavy atom. The van der Waals surface area contributed by atoms with Crippen LogP contribution in [0, 0.1) is 52.3 Å². The van der Waals surface area contributed by atoms with Crippen molar-refractivity contribution >= 4 is 0 Å². The second-order valence-electron chi connectivity index (χ2n) is 13.4. The van der Waals surface area contributed by atoms with Crippen LogP contribution >= 0.6 is 0 Å². The predicted octanol–water partition coefficient (Wildman–Crippen LogP) is 3.74. The van der Waals surface area contributed by atoms with Gasteiger partial charge in [0, 0.05) is 5.92 Å². The third kappa shape index (κ3) is 2.75. The summed E-state index contributed by atoms with van der Waals surface area (Å²) in [6.07, 6.45) is 6.86. The molecular formula is C27H44O5. The molecule has 6 aliphatic rings. The van der Waals surface area contributed by atoms with Crippen molar-refractivity contribution in [2.45, 2.75) is 109 Å². The highest BCUT2D eigenvalue weighted by Gasteiger charge is 2.71. The molecule has 1 spiro atoms. The van der Waals surface area contributed by atoms with Crippen LogP contribution in [0.3, 0.4) is 0 Å². The fourth-order valence-corrected chi connectivity index (χ4v) is 10.4. The average molecular weight is 449 g/mol. The monoisotopic (exact) mass is 448 g/mol. The second kappa shape index (κ2) is 7.16. The van der Waals surface area contributed by atoms with Crippen LogP contribution in [0.2, 0.25) is 0 Å². The lowest BCUT2D eigenvalue weighted by Gasteiger charge is -2.62. The first-order chi connectivity index (χ1) is 15.1. The van der Waals surface area contributed by atoms with Gasteiger partial charge in [-0.1, -0.05) is 27.7 Å². The minimum Gasteiger partial charge on any atom is -0.393 e. The molecule has 0 radical (unpaired) electrons. The number of hydrogen-bond acceptors (Lipinski definition) is 5. The molecule has 2 heterocycles. The van der Waals surface area contributed by atoms with Crippen LogP contribution in [-0.4, -0.2) is 52.1 Å². The van der Waals surface area contributed by atoms with Crippen molar-refractivity contribution in [3.8, 4) is 0 Å². The molecule has 32 heavy (non-hydrogen) atoms. The molecule has 4 saturated carbocycles. The maximum Gasteiger partial charge on any atom is 0.197 e. The van der Waals surface area contributed by atoms with Crippen LogP contribution in [0.4, 0.5) is 0 Å². The summed E-state index contributed by atoms with van der Waals surface area (Å²) in [6.45, 7) is 9.98. The molecule has 4 aliphatic carbocycles. The molecule has 2 aliphatic heterocycles. The molecule has 3 N–H and O–H groups in total. The van der Waals surface area contributed by atoms with Gasteiger partial charge in [0.1, 0.15) is 6.10 Å². The molecule has 0 aromatic heterocycles. The molecule has 6 fully saturated rings. The van der Waals surface area contributed by atoms with Crippen molar-refractivity contribution in [3.63, 3.8) is 0 Å². The largest absolute Gasteiger partial charge is 0.393 e. The average Bonchev–Trinajstić information content (AvgIpc) is 3.18. The van der Waals surface area contributed by atoms with Crippen LogP contribution in [0.5, 0.6) is 0 Å². The van der Waals surface area contributed by atoms with E-state index in [1.807, 2.05) is 0 Å². The van der Waals surface area contributed by atoms with E-state index in [0.717, 1.165) is 38.5 Å². The quantitative estimate of drug-likeness (QED) is 0.526. The van der Waals surface area contributed by atoms with Gasteiger partial charge in [-0.15, -0.1) is 0 Å². The maximum absolute atomic E-state index is 11.2. The van der Waals surface area contributed by atoms with Crippen LogP contribution in [-0.2, 0) is 9.47 Å². The summed E-state index contributed by atoms with van der Waals surface area (Å²) in [7, 11) is 0. The maximum atomic E-state index is 11.2. The van der Waals surface area contributed by atoms with E-state index >= 15 is 0 Å². The number of aliphatic hydroxyl groups excluding tert-OH is 3. The fraction of sp³-hybridized carbons (Fsp3) is 1.00. The van der Waals surface area contributed by atoms with Gasteiger partial charge in [0.2, 0.25) is 0 Å². The minimum atomic E-state index is -0.824. The normalized spacial score (nSPS) is 64.0. The minimum absolute atomic E-state index is 0.146. The summed E-state index contributed by atoms with van der Waals surface area (Å²) in [6, 6.07) is 0. The lowest BCUT2D eigenvalue weighted by atomic mass is 9.43. The number of rotatable bonds is 0. The van der Waals surface area contributed by atoms with E-state index in [1.54, 1.807) is 0 Å². The molecule has 0 aromatic rings. The molecule has 6 rings (SSSR count). The molecule has 5 nitrogen and oxygen atoms in total. The highest BCUT2D eigenvalue weighted by atomic mass is 16.7. The Morgan fingerprint density at radius 3 is 2.31 bits per heavy atom. The molecule has 0 amide bonds. The van der Waals surface area contributed by atoms with E-state index in [-0.39, 0.29) is 41.0 Å². The molecule has 182 valence electrons. The molecule has 0 aromatic carbocycles. The summed E-state index contributed by atoms with van der Waals surface area (Å²) >= 11 is 0. The van der Waals surface area contributed by atoms with Gasteiger partial charge in [0.15, 0.2) is 5.79 Å². The molecular weight excluding hydrogens is 404 g/mol.